The Morgan fingerprint density at radius 3 is 2.36 bits per heavy atom. The van der Waals surface area contributed by atoms with Crippen LogP contribution < -0.4 is 15.0 Å². The van der Waals surface area contributed by atoms with E-state index >= 15 is 0 Å². The van der Waals surface area contributed by atoms with Gasteiger partial charge in [0, 0.05) is 31.2 Å². The van der Waals surface area contributed by atoms with Crippen LogP contribution in [-0.4, -0.2) is 42.2 Å². The average Bonchev–Trinajstić information content (AvgIpc) is 2.63. The number of rotatable bonds is 3. The molecule has 2 aromatic rings. The van der Waals surface area contributed by atoms with Crippen LogP contribution in [-0.2, 0) is 7.05 Å². The van der Waals surface area contributed by atoms with E-state index in [0.717, 1.165) is 25.8 Å². The molecule has 2 heterocycles. The Bertz CT molecular complexity index is 872. The predicted molar refractivity (Wildman–Crippen MR) is 96.6 cm³/mol. The second kappa shape index (κ2) is 6.78. The van der Waals surface area contributed by atoms with Crippen LogP contribution >= 0.6 is 0 Å². The second-order valence-electron chi connectivity index (χ2n) is 6.55. The van der Waals surface area contributed by atoms with Gasteiger partial charge in [0.2, 0.25) is 0 Å². The summed E-state index contributed by atoms with van der Waals surface area (Å²) in [7, 11) is 4.73. The van der Waals surface area contributed by atoms with Gasteiger partial charge in [-0.05, 0) is 38.3 Å². The van der Waals surface area contributed by atoms with Gasteiger partial charge in [-0.2, -0.15) is 0 Å². The van der Waals surface area contributed by atoms with Crippen LogP contribution in [0.2, 0.25) is 0 Å². The molecule has 0 radical (unpaired) electrons. The molecule has 1 saturated heterocycles. The Morgan fingerprint density at radius 2 is 1.76 bits per heavy atom. The number of piperidine rings is 1. The number of carbonyl (C=O) groups excluding carboxylic acids is 1. The van der Waals surface area contributed by atoms with E-state index in [1.54, 1.807) is 32.5 Å². The number of carbonyl (C=O) groups is 1. The first-order chi connectivity index (χ1) is 12.0. The molecule has 3 rings (SSSR count). The number of amides is 1. The smallest absolute Gasteiger partial charge is 0.258 e. The largest absolute Gasteiger partial charge is 0.493 e. The maximum absolute atomic E-state index is 13.2. The van der Waals surface area contributed by atoms with Crippen molar-refractivity contribution >= 4 is 16.7 Å². The number of aryl methyl sites for hydroxylation is 1. The molecule has 6 nitrogen and oxygen atoms in total. The van der Waals surface area contributed by atoms with Crippen LogP contribution in [0.25, 0.3) is 10.8 Å². The number of ether oxygens (including phenoxy) is 2. The minimum atomic E-state index is -0.167. The third-order valence-electron chi connectivity index (χ3n) is 4.98. The third-order valence-corrected chi connectivity index (χ3v) is 4.98. The first kappa shape index (κ1) is 17.3. The molecule has 0 unspecified atom stereocenters. The highest BCUT2D eigenvalue weighted by Gasteiger charge is 2.27. The maximum atomic E-state index is 13.2. The van der Waals surface area contributed by atoms with Gasteiger partial charge in [-0.1, -0.05) is 0 Å². The Balaban J connectivity index is 2.22. The van der Waals surface area contributed by atoms with Gasteiger partial charge in [0.1, 0.15) is 0 Å². The molecule has 0 N–H and O–H groups in total. The van der Waals surface area contributed by atoms with Crippen molar-refractivity contribution in [3.63, 3.8) is 0 Å². The summed E-state index contributed by atoms with van der Waals surface area (Å²) in [5.74, 6) is 0.937. The number of pyridine rings is 1. The molecule has 1 aliphatic heterocycles. The number of fused-ring (bicyclic) bond motifs is 1. The number of hydrogen-bond acceptors (Lipinski definition) is 4. The molecule has 0 spiro atoms. The lowest BCUT2D eigenvalue weighted by Gasteiger charge is -2.33. The van der Waals surface area contributed by atoms with Crippen molar-refractivity contribution in [1.29, 1.82) is 0 Å². The Labute approximate surface area is 146 Å². The van der Waals surface area contributed by atoms with Crippen LogP contribution in [0.3, 0.4) is 0 Å². The van der Waals surface area contributed by atoms with Crippen LogP contribution in [0.4, 0.5) is 0 Å². The van der Waals surface area contributed by atoms with E-state index in [2.05, 4.69) is 6.92 Å². The number of likely N-dealkylation sites (tertiary alicyclic amines) is 1. The monoisotopic (exact) mass is 344 g/mol. The van der Waals surface area contributed by atoms with E-state index in [1.807, 2.05) is 4.90 Å². The van der Waals surface area contributed by atoms with Crippen molar-refractivity contribution in [2.45, 2.75) is 32.2 Å². The summed E-state index contributed by atoms with van der Waals surface area (Å²) in [5.41, 5.74) is 0.353. The SMILES string of the molecule is COc1cc2c(C(=O)N3CCCC[C@@H]3C)cn(C)c(=O)c2cc1OC. The zero-order valence-electron chi connectivity index (χ0n) is 15.2. The van der Waals surface area contributed by atoms with E-state index in [1.165, 1.54) is 11.7 Å². The minimum Gasteiger partial charge on any atom is -0.493 e. The van der Waals surface area contributed by atoms with Gasteiger partial charge in [0.25, 0.3) is 11.5 Å². The lowest BCUT2D eigenvalue weighted by atomic mass is 10.0. The molecule has 1 aromatic carbocycles. The number of nitrogens with zero attached hydrogens (tertiary/aromatic N) is 2. The van der Waals surface area contributed by atoms with E-state index in [4.69, 9.17) is 9.47 Å². The van der Waals surface area contributed by atoms with Gasteiger partial charge in [-0.15, -0.1) is 0 Å². The van der Waals surface area contributed by atoms with Gasteiger partial charge in [-0.3, -0.25) is 9.59 Å². The summed E-state index contributed by atoms with van der Waals surface area (Å²) in [6, 6.07) is 3.57. The molecule has 1 atom stereocenters. The molecule has 1 aromatic heterocycles. The molecule has 0 bridgehead atoms. The molecule has 134 valence electrons. The quantitative estimate of drug-likeness (QED) is 0.859. The maximum Gasteiger partial charge on any atom is 0.258 e. The van der Waals surface area contributed by atoms with Gasteiger partial charge < -0.3 is 18.9 Å². The summed E-state index contributed by atoms with van der Waals surface area (Å²) in [6.07, 6.45) is 4.79. The van der Waals surface area contributed by atoms with E-state index in [-0.39, 0.29) is 17.5 Å². The highest BCUT2D eigenvalue weighted by atomic mass is 16.5. The Kier molecular flexibility index (Phi) is 4.70. The Hall–Kier alpha value is -2.50. The lowest BCUT2D eigenvalue weighted by molar-refractivity contribution is 0.0637. The lowest BCUT2D eigenvalue weighted by Crippen LogP contribution is -2.42. The van der Waals surface area contributed by atoms with Crippen molar-refractivity contribution in [3.8, 4) is 11.5 Å². The fourth-order valence-electron chi connectivity index (χ4n) is 3.52. The van der Waals surface area contributed by atoms with Gasteiger partial charge in [0.15, 0.2) is 11.5 Å². The van der Waals surface area contributed by atoms with Gasteiger partial charge in [0.05, 0.1) is 25.2 Å². The number of hydrogen-bond donors (Lipinski definition) is 0. The van der Waals surface area contributed by atoms with E-state index in [9.17, 15) is 9.59 Å². The molecule has 0 aliphatic carbocycles. The molecule has 1 amide bonds. The van der Waals surface area contributed by atoms with Crippen molar-refractivity contribution in [2.75, 3.05) is 20.8 Å². The highest BCUT2D eigenvalue weighted by molar-refractivity contribution is 6.07. The van der Waals surface area contributed by atoms with Crippen LogP contribution in [0.5, 0.6) is 11.5 Å². The second-order valence-corrected chi connectivity index (χ2v) is 6.55. The normalized spacial score (nSPS) is 17.6. The molecule has 6 heteroatoms. The van der Waals surface area contributed by atoms with E-state index < -0.39 is 0 Å². The molecular formula is C19H24N2O4. The van der Waals surface area contributed by atoms with Gasteiger partial charge >= 0.3 is 0 Å². The molecule has 1 fully saturated rings. The van der Waals surface area contributed by atoms with Crippen molar-refractivity contribution in [3.05, 3.63) is 34.2 Å². The van der Waals surface area contributed by atoms with E-state index in [0.29, 0.717) is 27.8 Å². The summed E-state index contributed by atoms with van der Waals surface area (Å²) >= 11 is 0. The number of benzene rings is 1. The van der Waals surface area contributed by atoms with Gasteiger partial charge in [-0.25, -0.2) is 0 Å². The molecular weight excluding hydrogens is 320 g/mol. The molecule has 1 aliphatic rings. The summed E-state index contributed by atoms with van der Waals surface area (Å²) in [4.78, 5) is 27.6. The van der Waals surface area contributed by atoms with Crippen molar-refractivity contribution < 1.29 is 14.3 Å². The number of aromatic nitrogens is 1. The third kappa shape index (κ3) is 2.97. The van der Waals surface area contributed by atoms with Crippen LogP contribution in [0.15, 0.2) is 23.1 Å². The Morgan fingerprint density at radius 1 is 1.12 bits per heavy atom. The van der Waals surface area contributed by atoms with Crippen molar-refractivity contribution in [2.24, 2.45) is 7.05 Å². The highest BCUT2D eigenvalue weighted by Crippen LogP contribution is 2.33. The summed E-state index contributed by atoms with van der Waals surface area (Å²) in [6.45, 7) is 2.82. The molecule has 25 heavy (non-hydrogen) atoms. The minimum absolute atomic E-state index is 0.0416. The fraction of sp³-hybridized carbons (Fsp3) is 0.474. The predicted octanol–water partition coefficient (Wildman–Crippen LogP) is 2.57. The van der Waals surface area contributed by atoms with Crippen molar-refractivity contribution in [1.82, 2.24) is 9.47 Å². The topological polar surface area (TPSA) is 60.8 Å². The molecule has 0 saturated carbocycles. The standard InChI is InChI=1S/C19H24N2O4/c1-12-7-5-6-8-21(12)19(23)15-11-20(2)18(22)14-10-17(25-4)16(24-3)9-13(14)15/h9-12H,5-8H2,1-4H3/t12-/m0/s1. The first-order valence-corrected chi connectivity index (χ1v) is 8.54. The average molecular weight is 344 g/mol. The summed E-state index contributed by atoms with van der Waals surface area (Å²) < 4.78 is 12.1. The zero-order valence-corrected chi connectivity index (χ0v) is 15.2. The number of methoxy groups -OCH3 is 2. The first-order valence-electron chi connectivity index (χ1n) is 8.54. The van der Waals surface area contributed by atoms with Crippen LogP contribution in [0, 0.1) is 0 Å². The fourth-order valence-corrected chi connectivity index (χ4v) is 3.52. The zero-order chi connectivity index (χ0) is 18.1. The summed E-state index contributed by atoms with van der Waals surface area (Å²) in [5, 5.41) is 1.05. The van der Waals surface area contributed by atoms with Crippen LogP contribution in [0.1, 0.15) is 36.5 Å².